The van der Waals surface area contributed by atoms with Crippen molar-refractivity contribution < 1.29 is 14.1 Å². The molecule has 3 rings (SSSR count). The normalized spacial score (nSPS) is 11.1. The van der Waals surface area contributed by atoms with E-state index in [0.717, 1.165) is 24.3 Å². The van der Waals surface area contributed by atoms with Crippen LogP contribution >= 0.6 is 0 Å². The molecule has 0 aliphatic carbocycles. The van der Waals surface area contributed by atoms with E-state index >= 15 is 0 Å². The summed E-state index contributed by atoms with van der Waals surface area (Å²) in [6.45, 7) is 2.98. The van der Waals surface area contributed by atoms with Gasteiger partial charge in [-0.05, 0) is 36.8 Å². The molecule has 0 unspecified atom stereocenters. The van der Waals surface area contributed by atoms with Crippen molar-refractivity contribution in [2.75, 3.05) is 6.61 Å². The molecule has 6 heteroatoms. The summed E-state index contributed by atoms with van der Waals surface area (Å²) in [4.78, 5) is 14.8. The number of non-ortho nitro benzene ring substituents is 1. The molecule has 0 atom stereocenters. The van der Waals surface area contributed by atoms with Crippen molar-refractivity contribution in [3.63, 3.8) is 0 Å². The van der Waals surface area contributed by atoms with E-state index in [1.807, 2.05) is 24.3 Å². The van der Waals surface area contributed by atoms with Gasteiger partial charge in [-0.1, -0.05) is 64.7 Å². The van der Waals surface area contributed by atoms with Crippen molar-refractivity contribution in [1.82, 2.24) is 4.98 Å². The quantitative estimate of drug-likeness (QED) is 0.150. The summed E-state index contributed by atoms with van der Waals surface area (Å²) in [5, 5.41) is 10.9. The number of ether oxygens (including phenoxy) is 1. The zero-order valence-electron chi connectivity index (χ0n) is 18.3. The summed E-state index contributed by atoms with van der Waals surface area (Å²) in [5.74, 6) is 1.27. The molecule has 0 fully saturated rings. The first-order chi connectivity index (χ1) is 15.2. The van der Waals surface area contributed by atoms with Gasteiger partial charge in [-0.3, -0.25) is 10.1 Å². The summed E-state index contributed by atoms with van der Waals surface area (Å²) in [5.41, 5.74) is 1.82. The molecule has 6 nitrogen and oxygen atoms in total. The Kier molecular flexibility index (Phi) is 8.88. The second-order valence-electron chi connectivity index (χ2n) is 7.98. The molecule has 0 aliphatic heterocycles. The van der Waals surface area contributed by atoms with Gasteiger partial charge in [0.15, 0.2) is 5.58 Å². The Hall–Kier alpha value is -2.89. The van der Waals surface area contributed by atoms with Gasteiger partial charge in [0.25, 0.3) is 5.69 Å². The number of fused-ring (bicyclic) bond motifs is 1. The smallest absolute Gasteiger partial charge is 0.271 e. The van der Waals surface area contributed by atoms with E-state index in [9.17, 15) is 10.1 Å². The third-order valence-corrected chi connectivity index (χ3v) is 5.45. The summed E-state index contributed by atoms with van der Waals surface area (Å²) in [7, 11) is 0. The summed E-state index contributed by atoms with van der Waals surface area (Å²) in [6, 6.07) is 12.0. The number of aromatic nitrogens is 1. The number of hydrogen-bond donors (Lipinski definition) is 0. The highest BCUT2D eigenvalue weighted by atomic mass is 16.6. The van der Waals surface area contributed by atoms with Crippen LogP contribution in [0.1, 0.15) is 71.1 Å². The molecule has 0 N–H and O–H groups in total. The van der Waals surface area contributed by atoms with Gasteiger partial charge >= 0.3 is 0 Å². The van der Waals surface area contributed by atoms with Crippen LogP contribution in [-0.4, -0.2) is 16.5 Å². The topological polar surface area (TPSA) is 78.4 Å². The molecule has 0 saturated carbocycles. The first-order valence-corrected chi connectivity index (χ1v) is 11.5. The molecular formula is C25H32N2O4. The molecule has 0 spiro atoms. The third kappa shape index (κ3) is 7.09. The van der Waals surface area contributed by atoms with Gasteiger partial charge in [0.05, 0.1) is 11.5 Å². The Balaban J connectivity index is 1.38. The third-order valence-electron chi connectivity index (χ3n) is 5.45. The SMILES string of the molecule is CCCCCCCCCCCCOc1ccc(-c2nc3cc([N+](=O)[O-])ccc3o2)cc1. The van der Waals surface area contributed by atoms with Gasteiger partial charge in [0.1, 0.15) is 11.3 Å². The van der Waals surface area contributed by atoms with Crippen molar-refractivity contribution in [2.24, 2.45) is 0 Å². The van der Waals surface area contributed by atoms with E-state index in [2.05, 4.69) is 11.9 Å². The minimum Gasteiger partial charge on any atom is -0.494 e. The van der Waals surface area contributed by atoms with Gasteiger partial charge in [0, 0.05) is 17.7 Å². The standard InChI is InChI=1S/C25H32N2O4/c1-2-3-4-5-6-7-8-9-10-11-18-30-22-15-12-20(13-16-22)25-26-23-19-21(27(28)29)14-17-24(23)31-25/h12-17,19H,2-11,18H2,1H3. The maximum absolute atomic E-state index is 10.9. The number of unbranched alkanes of at least 4 members (excludes halogenated alkanes) is 9. The highest BCUT2D eigenvalue weighted by Crippen LogP contribution is 2.28. The average molecular weight is 425 g/mol. The van der Waals surface area contributed by atoms with Crippen molar-refractivity contribution in [1.29, 1.82) is 0 Å². The number of oxazole rings is 1. The summed E-state index contributed by atoms with van der Waals surface area (Å²) < 4.78 is 11.6. The van der Waals surface area contributed by atoms with E-state index in [0.29, 0.717) is 17.0 Å². The van der Waals surface area contributed by atoms with Crippen LogP contribution in [0.15, 0.2) is 46.9 Å². The van der Waals surface area contributed by atoms with Crippen LogP contribution in [0, 0.1) is 10.1 Å². The van der Waals surface area contributed by atoms with Crippen LogP contribution in [-0.2, 0) is 0 Å². The van der Waals surface area contributed by atoms with Gasteiger partial charge in [-0.2, -0.15) is 0 Å². The second-order valence-corrected chi connectivity index (χ2v) is 7.98. The Morgan fingerprint density at radius 1 is 0.903 bits per heavy atom. The summed E-state index contributed by atoms with van der Waals surface area (Å²) >= 11 is 0. The van der Waals surface area contributed by atoms with Gasteiger partial charge < -0.3 is 9.15 Å². The monoisotopic (exact) mass is 424 g/mol. The van der Waals surface area contributed by atoms with Gasteiger partial charge in [0.2, 0.25) is 5.89 Å². The maximum atomic E-state index is 10.9. The molecule has 31 heavy (non-hydrogen) atoms. The van der Waals surface area contributed by atoms with E-state index < -0.39 is 4.92 Å². The molecule has 0 radical (unpaired) electrons. The van der Waals surface area contributed by atoms with Crippen LogP contribution in [0.3, 0.4) is 0 Å². The minimum atomic E-state index is -0.436. The van der Waals surface area contributed by atoms with Crippen LogP contribution in [0.4, 0.5) is 5.69 Å². The van der Waals surface area contributed by atoms with E-state index in [1.165, 1.54) is 69.9 Å². The number of nitro benzene ring substituents is 1. The molecule has 1 heterocycles. The molecule has 0 bridgehead atoms. The fourth-order valence-corrected chi connectivity index (χ4v) is 3.63. The van der Waals surface area contributed by atoms with Gasteiger partial charge in [-0.25, -0.2) is 4.98 Å². The number of benzene rings is 2. The summed E-state index contributed by atoms with van der Waals surface area (Å²) in [6.07, 6.45) is 13.1. The Labute approximate surface area is 183 Å². The number of rotatable bonds is 14. The highest BCUT2D eigenvalue weighted by Gasteiger charge is 2.13. The number of nitrogens with zero attached hydrogens (tertiary/aromatic N) is 2. The lowest BCUT2D eigenvalue weighted by Crippen LogP contribution is -1.97. The van der Waals surface area contributed by atoms with Crippen molar-refractivity contribution in [3.05, 3.63) is 52.6 Å². The molecular weight excluding hydrogens is 392 g/mol. The molecule has 0 amide bonds. The Bertz CT molecular complexity index is 950. The average Bonchev–Trinajstić information content (AvgIpc) is 3.21. The zero-order valence-corrected chi connectivity index (χ0v) is 18.3. The predicted octanol–water partition coefficient (Wildman–Crippen LogP) is 7.70. The van der Waals surface area contributed by atoms with Crippen molar-refractivity contribution in [2.45, 2.75) is 71.1 Å². The molecule has 2 aromatic carbocycles. The van der Waals surface area contributed by atoms with Crippen molar-refractivity contribution in [3.8, 4) is 17.2 Å². The Morgan fingerprint density at radius 3 is 2.19 bits per heavy atom. The number of hydrogen-bond acceptors (Lipinski definition) is 5. The van der Waals surface area contributed by atoms with Crippen molar-refractivity contribution >= 4 is 16.8 Å². The van der Waals surface area contributed by atoms with Crippen LogP contribution in [0.2, 0.25) is 0 Å². The molecule has 0 saturated heterocycles. The maximum Gasteiger partial charge on any atom is 0.271 e. The lowest BCUT2D eigenvalue weighted by Gasteiger charge is -2.06. The molecule has 0 aliphatic rings. The van der Waals surface area contributed by atoms with Crippen LogP contribution in [0.5, 0.6) is 5.75 Å². The molecule has 166 valence electrons. The van der Waals surface area contributed by atoms with Crippen LogP contribution < -0.4 is 4.74 Å². The lowest BCUT2D eigenvalue weighted by atomic mass is 10.1. The highest BCUT2D eigenvalue weighted by molar-refractivity contribution is 5.78. The fourth-order valence-electron chi connectivity index (χ4n) is 3.63. The van der Waals surface area contributed by atoms with Gasteiger partial charge in [-0.15, -0.1) is 0 Å². The first kappa shape index (κ1) is 22.8. The van der Waals surface area contributed by atoms with Crippen LogP contribution in [0.25, 0.3) is 22.6 Å². The van der Waals surface area contributed by atoms with E-state index in [1.54, 1.807) is 6.07 Å². The second kappa shape index (κ2) is 12.1. The first-order valence-electron chi connectivity index (χ1n) is 11.5. The lowest BCUT2D eigenvalue weighted by molar-refractivity contribution is -0.384. The fraction of sp³-hybridized carbons (Fsp3) is 0.480. The predicted molar refractivity (Wildman–Crippen MR) is 123 cm³/mol. The molecule has 1 aromatic heterocycles. The van der Waals surface area contributed by atoms with E-state index in [4.69, 9.17) is 9.15 Å². The molecule has 3 aromatic rings. The van der Waals surface area contributed by atoms with E-state index in [-0.39, 0.29) is 5.69 Å². The minimum absolute atomic E-state index is 0.00284. The largest absolute Gasteiger partial charge is 0.494 e. The zero-order chi connectivity index (χ0) is 21.9. The Morgan fingerprint density at radius 2 is 1.55 bits per heavy atom. The number of nitro groups is 1.